The van der Waals surface area contributed by atoms with Crippen LogP contribution in [0, 0.1) is 11.8 Å². The lowest BCUT2D eigenvalue weighted by Gasteiger charge is -2.00. The fourth-order valence-electron chi connectivity index (χ4n) is 1.95. The first-order valence-corrected chi connectivity index (χ1v) is 6.82. The van der Waals surface area contributed by atoms with Gasteiger partial charge in [0.2, 0.25) is 0 Å². The monoisotopic (exact) mass is 252 g/mol. The third-order valence-corrected chi connectivity index (χ3v) is 3.93. The maximum atomic E-state index is 11.8. The molecule has 1 aromatic heterocycles. The number of ether oxygens (including phenoxy) is 1. The van der Waals surface area contributed by atoms with Crippen LogP contribution >= 0.6 is 11.3 Å². The smallest absolute Gasteiger partial charge is 0.309 e. The van der Waals surface area contributed by atoms with Gasteiger partial charge in [-0.05, 0) is 31.2 Å². The Morgan fingerprint density at radius 2 is 2.29 bits per heavy atom. The maximum absolute atomic E-state index is 11.8. The van der Waals surface area contributed by atoms with Gasteiger partial charge in [0.15, 0.2) is 0 Å². The summed E-state index contributed by atoms with van der Waals surface area (Å²) in [6, 6.07) is 4.02. The van der Waals surface area contributed by atoms with Crippen molar-refractivity contribution >= 4 is 23.1 Å². The molecule has 0 aliphatic heterocycles. The first-order chi connectivity index (χ1) is 8.22. The number of Topliss-reactive ketones (excluding diaryl/α,β-unsaturated/α-hetero) is 1. The number of ketones is 1. The van der Waals surface area contributed by atoms with E-state index in [0.717, 1.165) is 6.42 Å². The minimum Gasteiger partial charge on any atom is -0.466 e. The molecule has 0 aromatic carbocycles. The average Bonchev–Trinajstić information content (AvgIpc) is 2.96. The average molecular weight is 252 g/mol. The van der Waals surface area contributed by atoms with Gasteiger partial charge in [-0.25, -0.2) is 0 Å². The van der Waals surface area contributed by atoms with Crippen molar-refractivity contribution in [2.45, 2.75) is 26.2 Å². The van der Waals surface area contributed by atoms with E-state index in [-0.39, 0.29) is 23.6 Å². The quantitative estimate of drug-likeness (QED) is 0.730. The predicted octanol–water partition coefficient (Wildman–Crippen LogP) is 2.45. The highest BCUT2D eigenvalue weighted by molar-refractivity contribution is 7.09. The third-order valence-electron chi connectivity index (χ3n) is 2.99. The van der Waals surface area contributed by atoms with Crippen LogP contribution in [0.25, 0.3) is 0 Å². The second-order valence-electron chi connectivity index (χ2n) is 4.25. The standard InChI is InChI=1S/C13H16O3S/c1-2-16-13(15)11-8-10(11)12(14)6-5-9-4-3-7-17-9/h3-4,7,10-11H,2,5-6,8H2,1H3/t10-,11-/m0/s1. The van der Waals surface area contributed by atoms with Gasteiger partial charge in [0, 0.05) is 17.2 Å². The van der Waals surface area contributed by atoms with Crippen molar-refractivity contribution in [3.8, 4) is 0 Å². The van der Waals surface area contributed by atoms with Gasteiger partial charge in [0.05, 0.1) is 12.5 Å². The van der Waals surface area contributed by atoms with E-state index >= 15 is 0 Å². The molecule has 0 bridgehead atoms. The molecule has 92 valence electrons. The zero-order valence-corrected chi connectivity index (χ0v) is 10.7. The van der Waals surface area contributed by atoms with Gasteiger partial charge in [-0.2, -0.15) is 0 Å². The first-order valence-electron chi connectivity index (χ1n) is 5.94. The van der Waals surface area contributed by atoms with Crippen LogP contribution in [0.15, 0.2) is 17.5 Å². The lowest BCUT2D eigenvalue weighted by Crippen LogP contribution is -2.12. The van der Waals surface area contributed by atoms with E-state index in [0.29, 0.717) is 19.4 Å². The molecule has 1 aromatic rings. The van der Waals surface area contributed by atoms with Gasteiger partial charge >= 0.3 is 5.97 Å². The summed E-state index contributed by atoms with van der Waals surface area (Å²) in [5.41, 5.74) is 0. The van der Waals surface area contributed by atoms with Crippen molar-refractivity contribution in [3.63, 3.8) is 0 Å². The van der Waals surface area contributed by atoms with Crippen LogP contribution in [0.4, 0.5) is 0 Å². The van der Waals surface area contributed by atoms with Crippen molar-refractivity contribution in [1.82, 2.24) is 0 Å². The highest BCUT2D eigenvalue weighted by Gasteiger charge is 2.48. The molecule has 0 N–H and O–H groups in total. The first kappa shape index (κ1) is 12.3. The summed E-state index contributed by atoms with van der Waals surface area (Å²) in [5.74, 6) is -0.238. The summed E-state index contributed by atoms with van der Waals surface area (Å²) in [4.78, 5) is 24.4. The van der Waals surface area contributed by atoms with Crippen LogP contribution in [0.5, 0.6) is 0 Å². The van der Waals surface area contributed by atoms with Crippen molar-refractivity contribution in [1.29, 1.82) is 0 Å². The number of aryl methyl sites for hydroxylation is 1. The number of carbonyl (C=O) groups is 2. The Balaban J connectivity index is 1.74. The van der Waals surface area contributed by atoms with Gasteiger partial charge < -0.3 is 4.74 Å². The predicted molar refractivity (Wildman–Crippen MR) is 65.9 cm³/mol. The molecule has 1 saturated carbocycles. The Labute approximate surface area is 105 Å². The Morgan fingerprint density at radius 1 is 1.47 bits per heavy atom. The minimum atomic E-state index is -0.207. The minimum absolute atomic E-state index is 0.0750. The molecule has 3 nitrogen and oxygen atoms in total. The van der Waals surface area contributed by atoms with Crippen LogP contribution in [-0.4, -0.2) is 18.4 Å². The highest BCUT2D eigenvalue weighted by atomic mass is 32.1. The zero-order chi connectivity index (χ0) is 12.3. The van der Waals surface area contributed by atoms with Crippen molar-refractivity contribution < 1.29 is 14.3 Å². The second kappa shape index (κ2) is 5.45. The zero-order valence-electron chi connectivity index (χ0n) is 9.85. The Kier molecular flexibility index (Phi) is 3.94. The summed E-state index contributed by atoms with van der Waals surface area (Å²) < 4.78 is 4.91. The van der Waals surface area contributed by atoms with Crippen LogP contribution < -0.4 is 0 Å². The molecule has 0 saturated heterocycles. The van der Waals surface area contributed by atoms with E-state index in [1.807, 2.05) is 17.5 Å². The fourth-order valence-corrected chi connectivity index (χ4v) is 2.66. The maximum Gasteiger partial charge on any atom is 0.309 e. The van der Waals surface area contributed by atoms with E-state index in [1.54, 1.807) is 18.3 Å². The van der Waals surface area contributed by atoms with Gasteiger partial charge in [0.1, 0.15) is 5.78 Å². The SMILES string of the molecule is CCOC(=O)[C@H]1C[C@@H]1C(=O)CCc1cccs1. The lowest BCUT2D eigenvalue weighted by molar-refractivity contribution is -0.145. The van der Waals surface area contributed by atoms with Crippen LogP contribution in [0.2, 0.25) is 0 Å². The van der Waals surface area contributed by atoms with Gasteiger partial charge in [-0.15, -0.1) is 11.3 Å². The molecule has 1 fully saturated rings. The van der Waals surface area contributed by atoms with Crippen molar-refractivity contribution in [2.75, 3.05) is 6.61 Å². The number of rotatable bonds is 6. The van der Waals surface area contributed by atoms with E-state index in [9.17, 15) is 9.59 Å². The van der Waals surface area contributed by atoms with Gasteiger partial charge in [0.25, 0.3) is 0 Å². The molecule has 0 amide bonds. The van der Waals surface area contributed by atoms with Crippen molar-refractivity contribution in [3.05, 3.63) is 22.4 Å². The summed E-state index contributed by atoms with van der Waals surface area (Å²) in [6.45, 7) is 2.18. The lowest BCUT2D eigenvalue weighted by atomic mass is 10.1. The molecule has 17 heavy (non-hydrogen) atoms. The van der Waals surface area contributed by atoms with E-state index in [1.165, 1.54) is 4.88 Å². The molecule has 1 aliphatic carbocycles. The molecule has 0 radical (unpaired) electrons. The Hall–Kier alpha value is -1.16. The molecule has 1 heterocycles. The Bertz CT molecular complexity index is 397. The molecule has 0 spiro atoms. The number of hydrogen-bond donors (Lipinski definition) is 0. The largest absolute Gasteiger partial charge is 0.466 e. The van der Waals surface area contributed by atoms with E-state index in [4.69, 9.17) is 4.74 Å². The van der Waals surface area contributed by atoms with E-state index < -0.39 is 0 Å². The highest BCUT2D eigenvalue weighted by Crippen LogP contribution is 2.41. The summed E-state index contributed by atoms with van der Waals surface area (Å²) in [6.07, 6.45) is 2.02. The van der Waals surface area contributed by atoms with E-state index in [2.05, 4.69) is 0 Å². The molecule has 1 aliphatic rings. The second-order valence-corrected chi connectivity index (χ2v) is 5.28. The summed E-state index contributed by atoms with van der Waals surface area (Å²) >= 11 is 1.67. The van der Waals surface area contributed by atoms with Crippen LogP contribution in [0.1, 0.15) is 24.6 Å². The molecule has 4 heteroatoms. The topological polar surface area (TPSA) is 43.4 Å². The number of thiophene rings is 1. The summed E-state index contributed by atoms with van der Waals surface area (Å²) in [5, 5.41) is 2.01. The normalized spacial score (nSPS) is 22.2. The molecular formula is C13H16O3S. The summed E-state index contributed by atoms with van der Waals surface area (Å²) in [7, 11) is 0. The molecule has 0 unspecified atom stereocenters. The van der Waals surface area contributed by atoms with Crippen molar-refractivity contribution in [2.24, 2.45) is 11.8 Å². The van der Waals surface area contributed by atoms with Gasteiger partial charge in [-0.3, -0.25) is 9.59 Å². The molecule has 2 atom stereocenters. The number of carbonyl (C=O) groups excluding carboxylic acids is 2. The Morgan fingerprint density at radius 3 is 2.94 bits per heavy atom. The number of hydrogen-bond acceptors (Lipinski definition) is 4. The fraction of sp³-hybridized carbons (Fsp3) is 0.538. The number of esters is 1. The molecular weight excluding hydrogens is 236 g/mol. The third kappa shape index (κ3) is 3.16. The van der Waals surface area contributed by atoms with Crippen LogP contribution in [-0.2, 0) is 20.7 Å². The van der Waals surface area contributed by atoms with Crippen LogP contribution in [0.3, 0.4) is 0 Å². The molecule has 2 rings (SSSR count). The van der Waals surface area contributed by atoms with Gasteiger partial charge in [-0.1, -0.05) is 6.07 Å².